The maximum atomic E-state index is 9.55. The van der Waals surface area contributed by atoms with Gasteiger partial charge in [-0.25, -0.2) is 0 Å². The molecule has 0 saturated heterocycles. The third kappa shape index (κ3) is 1.27. The summed E-state index contributed by atoms with van der Waals surface area (Å²) < 4.78 is 5.36. The summed E-state index contributed by atoms with van der Waals surface area (Å²) >= 11 is 0. The zero-order valence-corrected chi connectivity index (χ0v) is 6.57. The Bertz CT molecular complexity index is 165. The smallest absolute Gasteiger partial charge is 0.127 e. The number of allylic oxidation sites excluding steroid dienone is 1. The Labute approximate surface area is 66.9 Å². The van der Waals surface area contributed by atoms with Gasteiger partial charge in [-0.1, -0.05) is 6.42 Å². The van der Waals surface area contributed by atoms with Crippen LogP contribution in [0.3, 0.4) is 0 Å². The molecule has 2 nitrogen and oxygen atoms in total. The number of rotatable bonds is 0. The van der Waals surface area contributed by atoms with Crippen molar-refractivity contribution in [1.82, 2.24) is 0 Å². The minimum absolute atomic E-state index is 0.0914. The van der Waals surface area contributed by atoms with Crippen molar-refractivity contribution in [2.75, 3.05) is 0 Å². The molecule has 1 aliphatic heterocycles. The molecule has 0 spiro atoms. The minimum atomic E-state index is -0.223. The van der Waals surface area contributed by atoms with Crippen molar-refractivity contribution in [3.05, 3.63) is 12.3 Å². The summed E-state index contributed by atoms with van der Waals surface area (Å²) in [5.41, 5.74) is 0. The second kappa shape index (κ2) is 2.86. The molecule has 0 aromatic carbocycles. The molecule has 0 aromatic heterocycles. The Morgan fingerprint density at radius 2 is 2.27 bits per heavy atom. The van der Waals surface area contributed by atoms with Crippen LogP contribution >= 0.6 is 0 Å². The number of hydrogen-bond acceptors (Lipinski definition) is 2. The summed E-state index contributed by atoms with van der Waals surface area (Å²) in [6.45, 7) is 0. The largest absolute Gasteiger partial charge is 0.495 e. The van der Waals surface area contributed by atoms with E-state index < -0.39 is 0 Å². The van der Waals surface area contributed by atoms with Crippen LogP contribution in [0, 0.1) is 5.92 Å². The third-order valence-electron chi connectivity index (χ3n) is 2.69. The van der Waals surface area contributed by atoms with Crippen molar-refractivity contribution < 1.29 is 9.84 Å². The van der Waals surface area contributed by atoms with Crippen LogP contribution in [0.4, 0.5) is 0 Å². The topological polar surface area (TPSA) is 29.5 Å². The van der Waals surface area contributed by atoms with Crippen LogP contribution in [0.2, 0.25) is 0 Å². The molecule has 2 aliphatic rings. The molecule has 0 radical (unpaired) electrons. The zero-order valence-electron chi connectivity index (χ0n) is 6.57. The van der Waals surface area contributed by atoms with Crippen LogP contribution < -0.4 is 0 Å². The fourth-order valence-electron chi connectivity index (χ4n) is 2.06. The molecule has 0 aromatic rings. The van der Waals surface area contributed by atoms with Crippen LogP contribution in [0.5, 0.6) is 0 Å². The van der Waals surface area contributed by atoms with Crippen LogP contribution in [-0.2, 0) is 4.74 Å². The molecule has 62 valence electrons. The Morgan fingerprint density at radius 1 is 1.36 bits per heavy atom. The molecule has 1 saturated carbocycles. The average molecular weight is 154 g/mol. The number of aliphatic hydroxyl groups is 1. The highest BCUT2D eigenvalue weighted by atomic mass is 16.5. The summed E-state index contributed by atoms with van der Waals surface area (Å²) in [5, 5.41) is 9.55. The summed E-state index contributed by atoms with van der Waals surface area (Å²) in [4.78, 5) is 0. The Hall–Kier alpha value is -0.500. The lowest BCUT2D eigenvalue weighted by Crippen LogP contribution is -2.39. The molecule has 1 fully saturated rings. The summed E-state index contributed by atoms with van der Waals surface area (Å²) in [6, 6.07) is 0. The van der Waals surface area contributed by atoms with Gasteiger partial charge in [-0.15, -0.1) is 0 Å². The second-order valence-electron chi connectivity index (χ2n) is 3.47. The monoisotopic (exact) mass is 154 g/mol. The van der Waals surface area contributed by atoms with E-state index in [4.69, 9.17) is 4.74 Å². The molecule has 1 aliphatic carbocycles. The number of aliphatic hydroxyl groups excluding tert-OH is 1. The second-order valence-corrected chi connectivity index (χ2v) is 3.47. The summed E-state index contributed by atoms with van der Waals surface area (Å²) in [5.74, 6) is 0.573. The van der Waals surface area contributed by atoms with Crippen molar-refractivity contribution in [3.63, 3.8) is 0 Å². The molecule has 0 bridgehead atoms. The van der Waals surface area contributed by atoms with Crippen molar-refractivity contribution in [2.45, 2.75) is 37.9 Å². The van der Waals surface area contributed by atoms with Gasteiger partial charge in [0, 0.05) is 5.92 Å². The van der Waals surface area contributed by atoms with Crippen molar-refractivity contribution in [3.8, 4) is 0 Å². The quantitative estimate of drug-likeness (QED) is 0.572. The van der Waals surface area contributed by atoms with E-state index in [-0.39, 0.29) is 12.2 Å². The predicted octanol–water partition coefficient (Wildman–Crippen LogP) is 1.45. The lowest BCUT2D eigenvalue weighted by Gasteiger charge is -2.36. The third-order valence-corrected chi connectivity index (χ3v) is 2.69. The van der Waals surface area contributed by atoms with Gasteiger partial charge in [-0.2, -0.15) is 0 Å². The Balaban J connectivity index is 2.07. The zero-order chi connectivity index (χ0) is 7.68. The SMILES string of the molecule is O[C@H]1CCC[C@@H]2CC=CO[C@@H]21. The molecule has 0 unspecified atom stereocenters. The van der Waals surface area contributed by atoms with E-state index in [2.05, 4.69) is 6.08 Å². The van der Waals surface area contributed by atoms with Crippen molar-refractivity contribution >= 4 is 0 Å². The maximum Gasteiger partial charge on any atom is 0.127 e. The van der Waals surface area contributed by atoms with Crippen molar-refractivity contribution in [2.24, 2.45) is 5.92 Å². The lowest BCUT2D eigenvalue weighted by atomic mass is 9.81. The molecule has 1 heterocycles. The molecule has 3 atom stereocenters. The minimum Gasteiger partial charge on any atom is -0.495 e. The van der Waals surface area contributed by atoms with Gasteiger partial charge in [-0.05, 0) is 25.3 Å². The number of hydrogen-bond donors (Lipinski definition) is 1. The Morgan fingerprint density at radius 3 is 3.09 bits per heavy atom. The molecule has 0 amide bonds. The van der Waals surface area contributed by atoms with Gasteiger partial charge in [0.05, 0.1) is 12.4 Å². The first-order valence-corrected chi connectivity index (χ1v) is 4.36. The van der Waals surface area contributed by atoms with Crippen LogP contribution in [0.1, 0.15) is 25.7 Å². The summed E-state index contributed by atoms with van der Waals surface area (Å²) in [7, 11) is 0. The van der Waals surface area contributed by atoms with E-state index in [1.165, 1.54) is 6.42 Å². The van der Waals surface area contributed by atoms with E-state index in [0.29, 0.717) is 5.92 Å². The number of fused-ring (bicyclic) bond motifs is 1. The van der Waals surface area contributed by atoms with Gasteiger partial charge in [0.1, 0.15) is 6.10 Å². The molecule has 1 N–H and O–H groups in total. The highest BCUT2D eigenvalue weighted by Gasteiger charge is 2.33. The van der Waals surface area contributed by atoms with Crippen molar-refractivity contribution in [1.29, 1.82) is 0 Å². The first kappa shape index (κ1) is 7.17. The maximum absolute atomic E-state index is 9.55. The fraction of sp³-hybridized carbons (Fsp3) is 0.778. The first-order chi connectivity index (χ1) is 5.38. The highest BCUT2D eigenvalue weighted by molar-refractivity contribution is 4.93. The molecule has 2 heteroatoms. The summed E-state index contributed by atoms with van der Waals surface area (Å²) in [6.07, 6.45) is 8.02. The highest BCUT2D eigenvalue weighted by Crippen LogP contribution is 2.32. The van der Waals surface area contributed by atoms with Crippen LogP contribution in [0.15, 0.2) is 12.3 Å². The van der Waals surface area contributed by atoms with Crippen LogP contribution in [0.25, 0.3) is 0 Å². The van der Waals surface area contributed by atoms with E-state index in [1.807, 2.05) is 0 Å². The van der Waals surface area contributed by atoms with Gasteiger partial charge >= 0.3 is 0 Å². The molecule has 2 rings (SSSR count). The first-order valence-electron chi connectivity index (χ1n) is 4.36. The molecular formula is C9H14O2. The van der Waals surface area contributed by atoms with Gasteiger partial charge in [0.2, 0.25) is 0 Å². The predicted molar refractivity (Wildman–Crippen MR) is 42.0 cm³/mol. The van der Waals surface area contributed by atoms with E-state index in [0.717, 1.165) is 19.3 Å². The van der Waals surface area contributed by atoms with E-state index in [9.17, 15) is 5.11 Å². The van der Waals surface area contributed by atoms with Gasteiger partial charge in [0.15, 0.2) is 0 Å². The van der Waals surface area contributed by atoms with Gasteiger partial charge in [-0.3, -0.25) is 0 Å². The van der Waals surface area contributed by atoms with E-state index in [1.54, 1.807) is 6.26 Å². The van der Waals surface area contributed by atoms with Crippen LogP contribution in [-0.4, -0.2) is 17.3 Å². The van der Waals surface area contributed by atoms with E-state index >= 15 is 0 Å². The average Bonchev–Trinajstić information content (AvgIpc) is 2.06. The standard InChI is InChI=1S/C9H14O2/c10-8-5-1-3-7-4-2-6-11-9(7)8/h2,6-10H,1,3-5H2/t7-,8+,9+/m1/s1. The normalized spacial score (nSPS) is 42.8. The van der Waals surface area contributed by atoms with Gasteiger partial charge < -0.3 is 9.84 Å². The molecule has 11 heavy (non-hydrogen) atoms. The lowest BCUT2D eigenvalue weighted by molar-refractivity contribution is -0.0590. The fourth-order valence-corrected chi connectivity index (χ4v) is 2.06. The van der Waals surface area contributed by atoms with Gasteiger partial charge in [0.25, 0.3) is 0 Å². The number of ether oxygens (including phenoxy) is 1. The Kier molecular flexibility index (Phi) is 1.86. The molecular weight excluding hydrogens is 140 g/mol.